The molecule has 0 amide bonds. The predicted molar refractivity (Wildman–Crippen MR) is 102 cm³/mol. The Morgan fingerprint density at radius 2 is 1.77 bits per heavy atom. The Labute approximate surface area is 155 Å². The molecule has 1 aliphatic rings. The second-order valence-electron chi connectivity index (χ2n) is 7.20. The number of ether oxygens (including phenoxy) is 1. The SMILES string of the molecule is Cc1cc(C)c(C)c(S(=O)(=O)Nc2cnn(CC3CCOCC3)c2)c1C. The lowest BCUT2D eigenvalue weighted by Crippen LogP contribution is -2.20. The summed E-state index contributed by atoms with van der Waals surface area (Å²) in [5, 5.41) is 4.32. The fourth-order valence-electron chi connectivity index (χ4n) is 3.50. The van der Waals surface area contributed by atoms with E-state index in [0.29, 0.717) is 16.5 Å². The Balaban J connectivity index is 1.80. The zero-order valence-corrected chi connectivity index (χ0v) is 16.7. The molecule has 6 nitrogen and oxygen atoms in total. The highest BCUT2D eigenvalue weighted by Gasteiger charge is 2.23. The molecule has 1 fully saturated rings. The molecule has 0 spiro atoms. The third-order valence-corrected chi connectivity index (χ3v) is 6.89. The Bertz CT molecular complexity index is 871. The lowest BCUT2D eigenvalue weighted by atomic mass is 10.0. The summed E-state index contributed by atoms with van der Waals surface area (Å²) in [5.41, 5.74) is 4.02. The summed E-state index contributed by atoms with van der Waals surface area (Å²) in [5.74, 6) is 0.525. The Morgan fingerprint density at radius 3 is 2.38 bits per heavy atom. The highest BCUT2D eigenvalue weighted by molar-refractivity contribution is 7.92. The lowest BCUT2D eigenvalue weighted by Gasteiger charge is -2.21. The largest absolute Gasteiger partial charge is 0.381 e. The number of aryl methyl sites for hydroxylation is 2. The maximum absolute atomic E-state index is 13.0. The van der Waals surface area contributed by atoms with E-state index in [1.807, 2.05) is 38.4 Å². The second kappa shape index (κ2) is 7.40. The summed E-state index contributed by atoms with van der Waals surface area (Å²) in [6.07, 6.45) is 5.37. The topological polar surface area (TPSA) is 73.2 Å². The average molecular weight is 378 g/mol. The van der Waals surface area contributed by atoms with Crippen molar-refractivity contribution in [3.63, 3.8) is 0 Å². The standard InChI is InChI=1S/C19H27N3O3S/c1-13-9-14(2)16(4)19(15(13)3)26(23,24)21-18-10-20-22(12-18)11-17-5-7-25-8-6-17/h9-10,12,17,21H,5-8,11H2,1-4H3. The summed E-state index contributed by atoms with van der Waals surface area (Å²) in [4.78, 5) is 0.368. The van der Waals surface area contributed by atoms with Crippen LogP contribution in [-0.2, 0) is 21.3 Å². The molecule has 26 heavy (non-hydrogen) atoms. The van der Waals surface area contributed by atoms with Crippen LogP contribution in [0.1, 0.15) is 35.1 Å². The molecule has 0 atom stereocenters. The normalized spacial score (nSPS) is 16.0. The van der Waals surface area contributed by atoms with Gasteiger partial charge in [0.1, 0.15) is 0 Å². The van der Waals surface area contributed by atoms with E-state index in [1.165, 1.54) is 0 Å². The van der Waals surface area contributed by atoms with Gasteiger partial charge >= 0.3 is 0 Å². The second-order valence-corrected chi connectivity index (χ2v) is 8.82. The van der Waals surface area contributed by atoms with Crippen molar-refractivity contribution >= 4 is 15.7 Å². The summed E-state index contributed by atoms with van der Waals surface area (Å²) in [7, 11) is -3.66. The van der Waals surface area contributed by atoms with Crippen molar-refractivity contribution in [1.82, 2.24) is 9.78 Å². The number of hydrogen-bond acceptors (Lipinski definition) is 4. The van der Waals surface area contributed by atoms with E-state index in [-0.39, 0.29) is 0 Å². The van der Waals surface area contributed by atoms with Gasteiger partial charge in [0.05, 0.1) is 16.8 Å². The van der Waals surface area contributed by atoms with Crippen molar-refractivity contribution in [1.29, 1.82) is 0 Å². The van der Waals surface area contributed by atoms with Gasteiger partial charge in [0, 0.05) is 26.0 Å². The first-order chi connectivity index (χ1) is 12.3. The predicted octanol–water partition coefficient (Wildman–Crippen LogP) is 3.34. The molecule has 1 aliphatic heterocycles. The van der Waals surface area contributed by atoms with E-state index >= 15 is 0 Å². The van der Waals surface area contributed by atoms with Crippen LogP contribution in [0, 0.1) is 33.6 Å². The molecule has 0 saturated carbocycles. The van der Waals surface area contributed by atoms with Gasteiger partial charge < -0.3 is 4.74 Å². The van der Waals surface area contributed by atoms with E-state index in [1.54, 1.807) is 12.4 Å². The van der Waals surface area contributed by atoms with Crippen LogP contribution in [0.2, 0.25) is 0 Å². The number of anilines is 1. The van der Waals surface area contributed by atoms with Gasteiger partial charge in [-0.15, -0.1) is 0 Å². The number of sulfonamides is 1. The average Bonchev–Trinajstić information content (AvgIpc) is 3.00. The minimum Gasteiger partial charge on any atom is -0.381 e. The smallest absolute Gasteiger partial charge is 0.262 e. The molecule has 1 saturated heterocycles. The highest BCUT2D eigenvalue weighted by Crippen LogP contribution is 2.28. The minimum atomic E-state index is -3.66. The van der Waals surface area contributed by atoms with E-state index in [0.717, 1.165) is 54.9 Å². The Morgan fingerprint density at radius 1 is 1.15 bits per heavy atom. The zero-order chi connectivity index (χ0) is 18.9. The summed E-state index contributed by atoms with van der Waals surface area (Å²) < 4.78 is 35.8. The molecule has 3 rings (SSSR count). The summed E-state index contributed by atoms with van der Waals surface area (Å²) in [6, 6.07) is 2.02. The Hall–Kier alpha value is -1.86. The van der Waals surface area contributed by atoms with E-state index < -0.39 is 10.0 Å². The number of nitrogens with one attached hydrogen (secondary N) is 1. The van der Waals surface area contributed by atoms with Gasteiger partial charge in [-0.25, -0.2) is 8.42 Å². The Kier molecular flexibility index (Phi) is 5.39. The van der Waals surface area contributed by atoms with Gasteiger partial charge in [-0.05, 0) is 68.7 Å². The van der Waals surface area contributed by atoms with Crippen LogP contribution >= 0.6 is 0 Å². The first kappa shape index (κ1) is 18.9. The van der Waals surface area contributed by atoms with E-state index in [9.17, 15) is 8.42 Å². The maximum atomic E-state index is 13.0. The van der Waals surface area contributed by atoms with Gasteiger partial charge in [0.25, 0.3) is 10.0 Å². The van der Waals surface area contributed by atoms with Crippen LogP contribution in [0.5, 0.6) is 0 Å². The zero-order valence-electron chi connectivity index (χ0n) is 15.9. The van der Waals surface area contributed by atoms with Crippen LogP contribution < -0.4 is 4.72 Å². The molecule has 1 aromatic heterocycles. The van der Waals surface area contributed by atoms with E-state index in [4.69, 9.17) is 4.74 Å². The lowest BCUT2D eigenvalue weighted by molar-refractivity contribution is 0.0601. The van der Waals surface area contributed by atoms with Crippen molar-refractivity contribution in [3.8, 4) is 0 Å². The molecule has 2 heterocycles. The molecular weight excluding hydrogens is 350 g/mol. The molecular formula is C19H27N3O3S. The third kappa shape index (κ3) is 3.94. The fraction of sp³-hybridized carbons (Fsp3) is 0.526. The van der Waals surface area contributed by atoms with Crippen LogP contribution in [0.15, 0.2) is 23.4 Å². The first-order valence-corrected chi connectivity index (χ1v) is 10.5. The number of benzene rings is 1. The quantitative estimate of drug-likeness (QED) is 0.867. The number of hydrogen-bond donors (Lipinski definition) is 1. The van der Waals surface area contributed by atoms with Crippen LogP contribution in [0.4, 0.5) is 5.69 Å². The van der Waals surface area contributed by atoms with Gasteiger partial charge in [0.2, 0.25) is 0 Å². The van der Waals surface area contributed by atoms with Crippen LogP contribution in [0.3, 0.4) is 0 Å². The number of rotatable bonds is 5. The maximum Gasteiger partial charge on any atom is 0.262 e. The summed E-state index contributed by atoms with van der Waals surface area (Å²) in [6.45, 7) is 9.94. The molecule has 7 heteroatoms. The monoisotopic (exact) mass is 377 g/mol. The van der Waals surface area contributed by atoms with Crippen molar-refractivity contribution in [2.75, 3.05) is 17.9 Å². The molecule has 1 aromatic carbocycles. The molecule has 0 bridgehead atoms. The van der Waals surface area contributed by atoms with E-state index in [2.05, 4.69) is 9.82 Å². The third-order valence-electron chi connectivity index (χ3n) is 5.24. The van der Waals surface area contributed by atoms with Crippen molar-refractivity contribution in [2.45, 2.75) is 52.0 Å². The molecule has 1 N–H and O–H groups in total. The van der Waals surface area contributed by atoms with Crippen molar-refractivity contribution < 1.29 is 13.2 Å². The van der Waals surface area contributed by atoms with Gasteiger partial charge in [-0.1, -0.05) is 6.07 Å². The van der Waals surface area contributed by atoms with Crippen molar-refractivity contribution in [2.24, 2.45) is 5.92 Å². The number of aromatic nitrogens is 2. The molecule has 0 radical (unpaired) electrons. The molecule has 2 aromatic rings. The highest BCUT2D eigenvalue weighted by atomic mass is 32.2. The minimum absolute atomic E-state index is 0.368. The van der Waals surface area contributed by atoms with Crippen LogP contribution in [-0.4, -0.2) is 31.4 Å². The molecule has 0 unspecified atom stereocenters. The summed E-state index contributed by atoms with van der Waals surface area (Å²) >= 11 is 0. The van der Waals surface area contributed by atoms with Crippen molar-refractivity contribution in [3.05, 3.63) is 40.7 Å². The van der Waals surface area contributed by atoms with Gasteiger partial charge in [-0.2, -0.15) is 5.10 Å². The van der Waals surface area contributed by atoms with Gasteiger partial charge in [-0.3, -0.25) is 9.40 Å². The van der Waals surface area contributed by atoms with Gasteiger partial charge in [0.15, 0.2) is 0 Å². The fourth-order valence-corrected chi connectivity index (χ4v) is 5.15. The van der Waals surface area contributed by atoms with Crippen LogP contribution in [0.25, 0.3) is 0 Å². The molecule has 142 valence electrons. The number of nitrogens with zero attached hydrogens (tertiary/aromatic N) is 2. The first-order valence-electron chi connectivity index (χ1n) is 8.98. The molecule has 0 aliphatic carbocycles.